The molecule has 3 aromatic heterocycles. The third kappa shape index (κ3) is 2.55. The molecule has 0 atom stereocenters. The van der Waals surface area contributed by atoms with Gasteiger partial charge in [-0.1, -0.05) is 11.2 Å². The van der Waals surface area contributed by atoms with Gasteiger partial charge in [0.05, 0.1) is 0 Å². The van der Waals surface area contributed by atoms with E-state index in [0.29, 0.717) is 23.1 Å². The fourth-order valence-corrected chi connectivity index (χ4v) is 2.87. The van der Waals surface area contributed by atoms with Crippen molar-refractivity contribution in [3.8, 4) is 11.5 Å². The molecule has 0 radical (unpaired) electrons. The number of carbonyl (C=O) groups is 1. The van der Waals surface area contributed by atoms with Crippen molar-refractivity contribution >= 4 is 5.91 Å². The van der Waals surface area contributed by atoms with Gasteiger partial charge in [0.1, 0.15) is 12.2 Å². The second kappa shape index (κ2) is 5.88. The van der Waals surface area contributed by atoms with Crippen LogP contribution in [-0.4, -0.2) is 43.2 Å². The Labute approximate surface area is 137 Å². The Morgan fingerprint density at radius 3 is 3.12 bits per heavy atom. The average molecular weight is 324 g/mol. The van der Waals surface area contributed by atoms with Crippen molar-refractivity contribution in [2.45, 2.75) is 25.8 Å². The molecule has 1 N–H and O–H groups in total. The van der Waals surface area contributed by atoms with E-state index in [-0.39, 0.29) is 12.5 Å². The number of amides is 1. The molecule has 0 fully saturated rings. The summed E-state index contributed by atoms with van der Waals surface area (Å²) in [7, 11) is 1.70. The zero-order chi connectivity index (χ0) is 16.5. The van der Waals surface area contributed by atoms with Crippen LogP contribution in [-0.2, 0) is 19.4 Å². The lowest BCUT2D eigenvalue weighted by Gasteiger charge is -2.13. The van der Waals surface area contributed by atoms with E-state index >= 15 is 0 Å². The Morgan fingerprint density at radius 1 is 1.38 bits per heavy atom. The lowest BCUT2D eigenvalue weighted by Crippen LogP contribution is -2.27. The normalized spacial score (nSPS) is 13.0. The fourth-order valence-electron chi connectivity index (χ4n) is 2.87. The van der Waals surface area contributed by atoms with Crippen LogP contribution in [0.3, 0.4) is 0 Å². The molecule has 8 heteroatoms. The van der Waals surface area contributed by atoms with Crippen LogP contribution in [0.15, 0.2) is 28.9 Å². The highest BCUT2D eigenvalue weighted by atomic mass is 16.5. The Kier molecular flexibility index (Phi) is 3.56. The second-order valence-corrected chi connectivity index (χ2v) is 5.77. The minimum atomic E-state index is -0.146. The van der Waals surface area contributed by atoms with Gasteiger partial charge in [-0.25, -0.2) is 0 Å². The molecule has 0 aliphatic heterocycles. The zero-order valence-corrected chi connectivity index (χ0v) is 13.2. The number of pyridine rings is 1. The van der Waals surface area contributed by atoms with Crippen LogP contribution < -0.4 is 0 Å². The molecule has 1 aliphatic carbocycles. The number of aromatic nitrogens is 5. The first kappa shape index (κ1) is 14.6. The number of carbonyl (C=O) groups excluding carboxylic acids is 1. The number of nitrogens with zero attached hydrogens (tertiary/aromatic N) is 5. The lowest BCUT2D eigenvalue weighted by atomic mass is 10.2. The van der Waals surface area contributed by atoms with E-state index in [0.717, 1.165) is 30.5 Å². The van der Waals surface area contributed by atoms with Crippen molar-refractivity contribution < 1.29 is 9.32 Å². The zero-order valence-electron chi connectivity index (χ0n) is 13.2. The summed E-state index contributed by atoms with van der Waals surface area (Å²) in [6.45, 7) is 0.223. The van der Waals surface area contributed by atoms with Gasteiger partial charge in [0.15, 0.2) is 5.69 Å². The van der Waals surface area contributed by atoms with Crippen LogP contribution in [0.25, 0.3) is 11.5 Å². The summed E-state index contributed by atoms with van der Waals surface area (Å²) in [6.07, 6.45) is 4.57. The molecule has 122 valence electrons. The van der Waals surface area contributed by atoms with Gasteiger partial charge in [-0.2, -0.15) is 10.1 Å². The molecule has 0 bridgehead atoms. The molecule has 0 saturated carbocycles. The van der Waals surface area contributed by atoms with Gasteiger partial charge in [-0.05, 0) is 31.4 Å². The molecule has 0 aromatic carbocycles. The van der Waals surface area contributed by atoms with Gasteiger partial charge in [0.25, 0.3) is 5.91 Å². The van der Waals surface area contributed by atoms with E-state index < -0.39 is 0 Å². The maximum absolute atomic E-state index is 12.6. The minimum absolute atomic E-state index is 0.146. The van der Waals surface area contributed by atoms with E-state index in [1.54, 1.807) is 19.3 Å². The predicted octanol–water partition coefficient (Wildman–Crippen LogP) is 1.62. The SMILES string of the molecule is CN(Cc1nc(-c2ccccn2)no1)C(=O)c1n[nH]c2c1CCC2. The molecule has 1 aliphatic rings. The van der Waals surface area contributed by atoms with Crippen molar-refractivity contribution in [1.29, 1.82) is 0 Å². The van der Waals surface area contributed by atoms with E-state index in [1.807, 2.05) is 12.1 Å². The van der Waals surface area contributed by atoms with Crippen LogP contribution >= 0.6 is 0 Å². The molecule has 0 spiro atoms. The number of nitrogens with one attached hydrogen (secondary N) is 1. The highest BCUT2D eigenvalue weighted by molar-refractivity contribution is 5.93. The highest BCUT2D eigenvalue weighted by Crippen LogP contribution is 2.23. The molecule has 0 saturated heterocycles. The molecule has 0 unspecified atom stereocenters. The first-order valence-electron chi connectivity index (χ1n) is 7.78. The predicted molar refractivity (Wildman–Crippen MR) is 83.9 cm³/mol. The standard InChI is InChI=1S/C16H16N6O2/c1-22(16(23)14-10-5-4-7-11(10)19-20-14)9-13-18-15(21-24-13)12-6-2-3-8-17-12/h2-3,6,8H,4-5,7,9H2,1H3,(H,19,20). The summed E-state index contributed by atoms with van der Waals surface area (Å²) in [5.74, 6) is 0.623. The summed E-state index contributed by atoms with van der Waals surface area (Å²) in [5.41, 5.74) is 3.23. The topological polar surface area (TPSA) is 101 Å². The van der Waals surface area contributed by atoms with Gasteiger partial charge in [-0.15, -0.1) is 0 Å². The summed E-state index contributed by atoms with van der Waals surface area (Å²) in [4.78, 5) is 22.6. The first-order chi connectivity index (χ1) is 11.7. The third-order valence-electron chi connectivity index (χ3n) is 4.09. The number of aromatic amines is 1. The summed E-state index contributed by atoms with van der Waals surface area (Å²) in [5, 5.41) is 11.0. The molecule has 4 rings (SSSR count). The summed E-state index contributed by atoms with van der Waals surface area (Å²) >= 11 is 0. The number of hydrogen-bond donors (Lipinski definition) is 1. The van der Waals surface area contributed by atoms with Gasteiger partial charge >= 0.3 is 0 Å². The van der Waals surface area contributed by atoms with E-state index in [4.69, 9.17) is 4.52 Å². The minimum Gasteiger partial charge on any atom is -0.337 e. The number of H-pyrrole nitrogens is 1. The monoisotopic (exact) mass is 324 g/mol. The molecule has 3 heterocycles. The first-order valence-corrected chi connectivity index (χ1v) is 7.78. The van der Waals surface area contributed by atoms with Crippen LogP contribution in [0, 0.1) is 0 Å². The van der Waals surface area contributed by atoms with E-state index in [9.17, 15) is 4.79 Å². The van der Waals surface area contributed by atoms with Crippen molar-refractivity contribution in [3.05, 3.63) is 47.2 Å². The summed E-state index contributed by atoms with van der Waals surface area (Å²) < 4.78 is 5.23. The molecule has 3 aromatic rings. The van der Waals surface area contributed by atoms with Gasteiger partial charge in [-0.3, -0.25) is 14.9 Å². The van der Waals surface area contributed by atoms with E-state index in [1.165, 1.54) is 4.90 Å². The van der Waals surface area contributed by atoms with Crippen molar-refractivity contribution in [1.82, 2.24) is 30.2 Å². The van der Waals surface area contributed by atoms with Crippen molar-refractivity contribution in [2.75, 3.05) is 7.05 Å². The number of hydrogen-bond acceptors (Lipinski definition) is 6. The Balaban J connectivity index is 1.49. The molecular formula is C16H16N6O2. The van der Waals surface area contributed by atoms with Crippen LogP contribution in [0.4, 0.5) is 0 Å². The van der Waals surface area contributed by atoms with Crippen LogP contribution in [0.2, 0.25) is 0 Å². The number of fused-ring (bicyclic) bond motifs is 1. The average Bonchev–Trinajstić information content (AvgIpc) is 3.31. The number of aryl methyl sites for hydroxylation is 1. The van der Waals surface area contributed by atoms with Crippen molar-refractivity contribution in [2.24, 2.45) is 0 Å². The number of rotatable bonds is 4. The third-order valence-corrected chi connectivity index (χ3v) is 4.09. The molecular weight excluding hydrogens is 308 g/mol. The molecule has 8 nitrogen and oxygen atoms in total. The lowest BCUT2D eigenvalue weighted by molar-refractivity contribution is 0.0762. The highest BCUT2D eigenvalue weighted by Gasteiger charge is 2.26. The van der Waals surface area contributed by atoms with Crippen LogP contribution in [0.5, 0.6) is 0 Å². The van der Waals surface area contributed by atoms with Gasteiger partial charge in [0, 0.05) is 24.5 Å². The van der Waals surface area contributed by atoms with Crippen molar-refractivity contribution in [3.63, 3.8) is 0 Å². The van der Waals surface area contributed by atoms with Gasteiger partial charge < -0.3 is 9.42 Å². The van der Waals surface area contributed by atoms with E-state index in [2.05, 4.69) is 25.3 Å². The largest absolute Gasteiger partial charge is 0.337 e. The maximum atomic E-state index is 12.6. The Bertz CT molecular complexity index is 870. The second-order valence-electron chi connectivity index (χ2n) is 5.77. The Morgan fingerprint density at radius 2 is 2.29 bits per heavy atom. The summed E-state index contributed by atoms with van der Waals surface area (Å²) in [6, 6.07) is 5.47. The maximum Gasteiger partial charge on any atom is 0.274 e. The molecule has 24 heavy (non-hydrogen) atoms. The smallest absolute Gasteiger partial charge is 0.274 e. The fraction of sp³-hybridized carbons (Fsp3) is 0.312. The Hall–Kier alpha value is -3.03. The quantitative estimate of drug-likeness (QED) is 0.782. The van der Waals surface area contributed by atoms with Crippen LogP contribution in [0.1, 0.15) is 34.1 Å². The molecule has 1 amide bonds. The van der Waals surface area contributed by atoms with Gasteiger partial charge in [0.2, 0.25) is 11.7 Å².